The van der Waals surface area contributed by atoms with Crippen LogP contribution in [0.4, 0.5) is 0 Å². The fraction of sp³-hybridized carbons (Fsp3) is 1.00. The summed E-state index contributed by atoms with van der Waals surface area (Å²) in [5, 5.41) is 58.8. The number of aliphatic hydroxyl groups excluding tert-OH is 6. The van der Waals surface area contributed by atoms with Crippen molar-refractivity contribution in [3.8, 4) is 0 Å². The molecule has 2 heterocycles. The van der Waals surface area contributed by atoms with Crippen LogP contribution in [0.2, 0.25) is 0 Å². The molecular weight excluding hydrogens is 316 g/mol. The van der Waals surface area contributed by atoms with Crippen molar-refractivity contribution in [2.75, 3.05) is 13.7 Å². The van der Waals surface area contributed by atoms with Gasteiger partial charge in [0.05, 0.1) is 12.7 Å². The minimum Gasteiger partial charge on any atom is -0.394 e. The van der Waals surface area contributed by atoms with Crippen molar-refractivity contribution in [2.45, 2.75) is 68.3 Å². The lowest BCUT2D eigenvalue weighted by atomic mass is 9.97. The zero-order valence-corrected chi connectivity index (χ0v) is 12.8. The van der Waals surface area contributed by atoms with Crippen LogP contribution in [0.15, 0.2) is 0 Å². The molecule has 10 heteroatoms. The van der Waals surface area contributed by atoms with Crippen LogP contribution in [-0.2, 0) is 18.9 Å². The Balaban J connectivity index is 2.11. The second kappa shape index (κ2) is 7.66. The molecule has 2 rings (SSSR count). The summed E-state index contributed by atoms with van der Waals surface area (Å²) in [4.78, 5) is 0. The quantitative estimate of drug-likeness (QED) is 0.300. The third-order valence-electron chi connectivity index (χ3n) is 4.15. The zero-order valence-electron chi connectivity index (χ0n) is 12.8. The molecule has 2 aliphatic rings. The lowest BCUT2D eigenvalue weighted by Gasteiger charge is -2.45. The number of rotatable bonds is 4. The van der Waals surface area contributed by atoms with Gasteiger partial charge >= 0.3 is 0 Å². The molecule has 136 valence electrons. The Labute approximate surface area is 132 Å². The molecule has 2 saturated heterocycles. The molecule has 6 unspecified atom stereocenters. The molecule has 0 radical (unpaired) electrons. The molecule has 0 aromatic carbocycles. The number of hydrogen-bond donors (Lipinski definition) is 6. The highest BCUT2D eigenvalue weighted by molar-refractivity contribution is 4.93. The van der Waals surface area contributed by atoms with E-state index >= 15 is 0 Å². The molecule has 23 heavy (non-hydrogen) atoms. The molecule has 0 amide bonds. The average molecular weight is 340 g/mol. The maximum atomic E-state index is 10.1. The van der Waals surface area contributed by atoms with Crippen molar-refractivity contribution in [3.63, 3.8) is 0 Å². The van der Waals surface area contributed by atoms with Crippen LogP contribution in [0.3, 0.4) is 0 Å². The molecule has 0 aromatic heterocycles. The number of ether oxygens (including phenoxy) is 4. The van der Waals surface area contributed by atoms with Gasteiger partial charge in [-0.2, -0.15) is 0 Å². The summed E-state index contributed by atoms with van der Waals surface area (Å²) in [7, 11) is 1.31. The summed E-state index contributed by atoms with van der Waals surface area (Å²) in [6.07, 6.45) is -13.0. The second-order valence-corrected chi connectivity index (χ2v) is 5.72. The van der Waals surface area contributed by atoms with Crippen LogP contribution in [0, 0.1) is 0 Å². The molecule has 10 atom stereocenters. The van der Waals surface area contributed by atoms with Gasteiger partial charge in [-0.3, -0.25) is 0 Å². The van der Waals surface area contributed by atoms with Gasteiger partial charge in [0.25, 0.3) is 0 Å². The molecule has 2 aliphatic heterocycles. The van der Waals surface area contributed by atoms with Crippen molar-refractivity contribution in [1.82, 2.24) is 0 Å². The highest BCUT2D eigenvalue weighted by atomic mass is 16.7. The Morgan fingerprint density at radius 1 is 0.826 bits per heavy atom. The lowest BCUT2D eigenvalue weighted by molar-refractivity contribution is -0.355. The number of methoxy groups -OCH3 is 1. The molecule has 0 bridgehead atoms. The minimum atomic E-state index is -1.63. The van der Waals surface area contributed by atoms with E-state index in [0.29, 0.717) is 0 Å². The van der Waals surface area contributed by atoms with Crippen molar-refractivity contribution in [3.05, 3.63) is 0 Å². The predicted molar refractivity (Wildman–Crippen MR) is 72.0 cm³/mol. The fourth-order valence-corrected chi connectivity index (χ4v) is 2.69. The molecule has 0 aromatic rings. The summed E-state index contributed by atoms with van der Waals surface area (Å²) in [6, 6.07) is 0. The number of aliphatic hydroxyl groups is 6. The maximum Gasteiger partial charge on any atom is 0.187 e. The van der Waals surface area contributed by atoms with Gasteiger partial charge in [-0.15, -0.1) is 0 Å². The molecule has 0 aliphatic carbocycles. The fourth-order valence-electron chi connectivity index (χ4n) is 2.69. The van der Waals surface area contributed by atoms with Crippen LogP contribution in [-0.4, -0.2) is 106 Å². The summed E-state index contributed by atoms with van der Waals surface area (Å²) >= 11 is 0. The average Bonchev–Trinajstić information content (AvgIpc) is 2.54. The highest BCUT2D eigenvalue weighted by Crippen LogP contribution is 2.29. The summed E-state index contributed by atoms with van der Waals surface area (Å²) < 4.78 is 20.8. The Hall–Kier alpha value is -0.400. The molecule has 0 spiro atoms. The van der Waals surface area contributed by atoms with E-state index in [1.165, 1.54) is 7.11 Å². The second-order valence-electron chi connectivity index (χ2n) is 5.72. The van der Waals surface area contributed by atoms with Gasteiger partial charge in [0.2, 0.25) is 0 Å². The molecule has 2 fully saturated rings. The predicted octanol–water partition coefficient (Wildman–Crippen LogP) is -3.72. The third kappa shape index (κ3) is 3.66. The van der Waals surface area contributed by atoms with Crippen LogP contribution in [0.1, 0.15) is 6.92 Å². The van der Waals surface area contributed by atoms with E-state index in [4.69, 9.17) is 24.1 Å². The smallest absolute Gasteiger partial charge is 0.187 e. The first-order chi connectivity index (χ1) is 10.8. The Kier molecular flexibility index (Phi) is 6.30. The summed E-state index contributed by atoms with van der Waals surface area (Å²) in [5.74, 6) is 0. The standard InChI is InChI=1S/C13H24O10/c1-4-6(15)11(10(19)12(20-2)21-4)23-13-9(18)8(17)7(16)5(3-14)22-13/h4-19H,3H2,1-2H3/t4?,5?,6-,7+,8?,9?,10?,11?,12+,13+/m0/s1. The van der Waals surface area contributed by atoms with Gasteiger partial charge in [0.15, 0.2) is 12.6 Å². The van der Waals surface area contributed by atoms with Crippen molar-refractivity contribution in [1.29, 1.82) is 0 Å². The molecule has 6 N–H and O–H groups in total. The Bertz CT molecular complexity index is 380. The van der Waals surface area contributed by atoms with Gasteiger partial charge in [0.1, 0.15) is 42.7 Å². The topological polar surface area (TPSA) is 158 Å². The SMILES string of the molecule is CO[C@@H]1OC(C)[C@H](O)C(O[C@H]2OC(CO)[C@@H](O)C(O)C2O)C1O. The Morgan fingerprint density at radius 2 is 1.48 bits per heavy atom. The summed E-state index contributed by atoms with van der Waals surface area (Å²) in [5.41, 5.74) is 0. The minimum absolute atomic E-state index is 0.610. The maximum absolute atomic E-state index is 10.1. The molecule has 0 saturated carbocycles. The van der Waals surface area contributed by atoms with Gasteiger partial charge in [0, 0.05) is 7.11 Å². The first kappa shape index (κ1) is 18.9. The van der Waals surface area contributed by atoms with Crippen LogP contribution in [0.25, 0.3) is 0 Å². The van der Waals surface area contributed by atoms with Crippen molar-refractivity contribution >= 4 is 0 Å². The Morgan fingerprint density at radius 3 is 2.04 bits per heavy atom. The first-order valence-electron chi connectivity index (χ1n) is 7.32. The van der Waals surface area contributed by atoms with E-state index in [1.807, 2.05) is 0 Å². The van der Waals surface area contributed by atoms with Gasteiger partial charge < -0.3 is 49.6 Å². The van der Waals surface area contributed by atoms with Crippen LogP contribution in [0.5, 0.6) is 0 Å². The number of hydrogen-bond acceptors (Lipinski definition) is 10. The van der Waals surface area contributed by atoms with Crippen LogP contribution >= 0.6 is 0 Å². The van der Waals surface area contributed by atoms with E-state index in [-0.39, 0.29) is 0 Å². The van der Waals surface area contributed by atoms with Gasteiger partial charge in [-0.1, -0.05) is 0 Å². The van der Waals surface area contributed by atoms with Gasteiger partial charge in [-0.05, 0) is 6.92 Å². The summed E-state index contributed by atoms with van der Waals surface area (Å²) in [6.45, 7) is 0.938. The molecule has 10 nitrogen and oxygen atoms in total. The monoisotopic (exact) mass is 340 g/mol. The normalized spacial score (nSPS) is 51.7. The highest BCUT2D eigenvalue weighted by Gasteiger charge is 2.49. The largest absolute Gasteiger partial charge is 0.394 e. The van der Waals surface area contributed by atoms with Crippen LogP contribution < -0.4 is 0 Å². The lowest BCUT2D eigenvalue weighted by Crippen LogP contribution is -2.64. The van der Waals surface area contributed by atoms with E-state index < -0.39 is 68.0 Å². The van der Waals surface area contributed by atoms with E-state index in [9.17, 15) is 25.5 Å². The van der Waals surface area contributed by atoms with Crippen molar-refractivity contribution < 1.29 is 49.6 Å². The third-order valence-corrected chi connectivity index (χ3v) is 4.15. The van der Waals surface area contributed by atoms with E-state index in [2.05, 4.69) is 0 Å². The molecular formula is C13H24O10. The van der Waals surface area contributed by atoms with Crippen molar-refractivity contribution in [2.24, 2.45) is 0 Å². The first-order valence-corrected chi connectivity index (χ1v) is 7.32. The zero-order chi connectivity index (χ0) is 17.3. The van der Waals surface area contributed by atoms with E-state index in [1.54, 1.807) is 6.92 Å². The van der Waals surface area contributed by atoms with E-state index in [0.717, 1.165) is 0 Å². The van der Waals surface area contributed by atoms with Gasteiger partial charge in [-0.25, -0.2) is 0 Å².